The Morgan fingerprint density at radius 2 is 1.87 bits per heavy atom. The van der Waals surface area contributed by atoms with Crippen LogP contribution in [0.4, 0.5) is 5.69 Å². The van der Waals surface area contributed by atoms with E-state index in [0.717, 1.165) is 11.3 Å². The number of hydrogen-bond acceptors (Lipinski definition) is 6. The fourth-order valence-corrected chi connectivity index (χ4v) is 3.69. The molecule has 7 nitrogen and oxygen atoms in total. The monoisotopic (exact) mass is 354 g/mol. The van der Waals surface area contributed by atoms with Crippen molar-refractivity contribution in [3.05, 3.63) is 47.3 Å². The molecule has 1 aromatic carbocycles. The average Bonchev–Trinajstić information content (AvgIpc) is 3.08. The fraction of sp³-hybridized carbons (Fsp3) is 0.143. The Labute approximate surface area is 137 Å². The van der Waals surface area contributed by atoms with Crippen LogP contribution in [0.15, 0.2) is 46.0 Å². The molecule has 0 aliphatic rings. The average molecular weight is 354 g/mol. The predicted molar refractivity (Wildman–Crippen MR) is 85.9 cm³/mol. The molecule has 1 heterocycles. The minimum atomic E-state index is -3.62. The molecule has 2 aromatic rings. The molecule has 0 spiro atoms. The number of amides is 1. The van der Waals surface area contributed by atoms with Gasteiger partial charge in [0.1, 0.15) is 10.8 Å². The van der Waals surface area contributed by atoms with Gasteiger partial charge in [-0.25, -0.2) is 8.42 Å². The number of carbonyl (C=O) groups excluding carboxylic acids is 2. The zero-order valence-electron chi connectivity index (χ0n) is 12.1. The van der Waals surface area contributed by atoms with Crippen molar-refractivity contribution in [1.82, 2.24) is 5.32 Å². The Morgan fingerprint density at radius 1 is 1.17 bits per heavy atom. The number of thiophene rings is 1. The minimum Gasteiger partial charge on any atom is -0.468 e. The molecule has 0 saturated heterocycles. The van der Waals surface area contributed by atoms with Crippen LogP contribution >= 0.6 is 11.3 Å². The third-order valence-corrected chi connectivity index (χ3v) is 5.56. The molecule has 9 heteroatoms. The number of hydrogen-bond donors (Lipinski definition) is 2. The quantitative estimate of drug-likeness (QED) is 0.765. The van der Waals surface area contributed by atoms with Crippen LogP contribution in [0.5, 0.6) is 0 Å². The van der Waals surface area contributed by atoms with Gasteiger partial charge in [0.2, 0.25) is 0 Å². The smallest absolute Gasteiger partial charge is 0.325 e. The highest BCUT2D eigenvalue weighted by atomic mass is 32.2. The van der Waals surface area contributed by atoms with E-state index in [1.54, 1.807) is 11.4 Å². The standard InChI is InChI=1S/C14H14N2O5S2/c1-21-12(17)9-15-14(18)10-4-6-11(7-5-10)16-23(19,20)13-3-2-8-22-13/h2-8,16H,9H2,1H3,(H,15,18). The molecule has 122 valence electrons. The maximum atomic E-state index is 12.1. The molecule has 1 amide bonds. The highest BCUT2D eigenvalue weighted by Gasteiger charge is 2.15. The normalized spacial score (nSPS) is 10.8. The SMILES string of the molecule is COC(=O)CNC(=O)c1ccc(NS(=O)(=O)c2cccs2)cc1. The highest BCUT2D eigenvalue weighted by Crippen LogP contribution is 2.20. The molecule has 2 N–H and O–H groups in total. The zero-order valence-corrected chi connectivity index (χ0v) is 13.7. The number of anilines is 1. The van der Waals surface area contributed by atoms with E-state index in [1.807, 2.05) is 0 Å². The molecule has 0 aliphatic carbocycles. The van der Waals surface area contributed by atoms with Crippen molar-refractivity contribution in [1.29, 1.82) is 0 Å². The lowest BCUT2D eigenvalue weighted by atomic mass is 10.2. The first-order valence-electron chi connectivity index (χ1n) is 6.44. The Balaban J connectivity index is 2.02. The number of esters is 1. The molecule has 0 unspecified atom stereocenters. The van der Waals surface area contributed by atoms with Crippen molar-refractivity contribution in [2.45, 2.75) is 4.21 Å². The van der Waals surface area contributed by atoms with E-state index in [2.05, 4.69) is 14.8 Å². The molecule has 0 atom stereocenters. The van der Waals surface area contributed by atoms with Gasteiger partial charge in [0, 0.05) is 11.3 Å². The summed E-state index contributed by atoms with van der Waals surface area (Å²) in [5.41, 5.74) is 0.635. The van der Waals surface area contributed by atoms with Gasteiger partial charge < -0.3 is 10.1 Å². The molecule has 2 rings (SSSR count). The van der Waals surface area contributed by atoms with Crippen LogP contribution in [0.1, 0.15) is 10.4 Å². The second kappa shape index (κ2) is 7.25. The first kappa shape index (κ1) is 17.0. The van der Waals surface area contributed by atoms with Crippen molar-refractivity contribution in [2.24, 2.45) is 0 Å². The number of ether oxygens (including phenoxy) is 1. The summed E-state index contributed by atoms with van der Waals surface area (Å²) in [7, 11) is -2.40. The lowest BCUT2D eigenvalue weighted by Gasteiger charge is -2.07. The van der Waals surface area contributed by atoms with E-state index in [-0.39, 0.29) is 10.8 Å². The number of benzene rings is 1. The second-order valence-corrected chi connectivity index (χ2v) is 7.23. The molecule has 0 saturated carbocycles. The van der Waals surface area contributed by atoms with Crippen LogP contribution in [0, 0.1) is 0 Å². The molecule has 1 aromatic heterocycles. The van der Waals surface area contributed by atoms with E-state index in [4.69, 9.17) is 0 Å². The van der Waals surface area contributed by atoms with Gasteiger partial charge in [0.25, 0.3) is 15.9 Å². The summed E-state index contributed by atoms with van der Waals surface area (Å²) < 4.78 is 31.2. The van der Waals surface area contributed by atoms with Gasteiger partial charge in [-0.2, -0.15) is 0 Å². The van der Waals surface area contributed by atoms with E-state index in [9.17, 15) is 18.0 Å². The van der Waals surface area contributed by atoms with E-state index in [1.165, 1.54) is 37.4 Å². The van der Waals surface area contributed by atoms with Crippen LogP contribution in [0.3, 0.4) is 0 Å². The summed E-state index contributed by atoms with van der Waals surface area (Å²) in [4.78, 5) is 22.8. The molecule has 0 fully saturated rings. The van der Waals surface area contributed by atoms with E-state index < -0.39 is 21.9 Å². The van der Waals surface area contributed by atoms with Gasteiger partial charge in [-0.1, -0.05) is 6.07 Å². The highest BCUT2D eigenvalue weighted by molar-refractivity contribution is 7.94. The number of sulfonamides is 1. The largest absolute Gasteiger partial charge is 0.468 e. The number of rotatable bonds is 6. The third-order valence-electron chi connectivity index (χ3n) is 2.78. The maximum absolute atomic E-state index is 12.1. The fourth-order valence-electron chi connectivity index (χ4n) is 1.64. The summed E-state index contributed by atoms with van der Waals surface area (Å²) in [6, 6.07) is 9.00. The molecule has 23 heavy (non-hydrogen) atoms. The van der Waals surface area contributed by atoms with Crippen molar-refractivity contribution in [2.75, 3.05) is 18.4 Å². The van der Waals surface area contributed by atoms with Crippen molar-refractivity contribution in [3.63, 3.8) is 0 Å². The van der Waals surface area contributed by atoms with Crippen LogP contribution in [-0.4, -0.2) is 33.9 Å². The van der Waals surface area contributed by atoms with Crippen LogP contribution in [0.25, 0.3) is 0 Å². The van der Waals surface area contributed by atoms with Crippen molar-refractivity contribution < 1.29 is 22.7 Å². The Kier molecular flexibility index (Phi) is 5.35. The molecular formula is C14H14N2O5S2. The van der Waals surface area contributed by atoms with Gasteiger partial charge in [-0.15, -0.1) is 11.3 Å². The van der Waals surface area contributed by atoms with E-state index >= 15 is 0 Å². The maximum Gasteiger partial charge on any atom is 0.325 e. The molecular weight excluding hydrogens is 340 g/mol. The molecule has 0 aliphatic heterocycles. The van der Waals surface area contributed by atoms with E-state index in [0.29, 0.717) is 11.3 Å². The lowest BCUT2D eigenvalue weighted by molar-refractivity contribution is -0.139. The number of methoxy groups -OCH3 is 1. The summed E-state index contributed by atoms with van der Waals surface area (Å²) >= 11 is 1.11. The molecule has 0 radical (unpaired) electrons. The first-order valence-corrected chi connectivity index (χ1v) is 8.80. The van der Waals surface area contributed by atoms with Crippen LogP contribution in [-0.2, 0) is 19.6 Å². The van der Waals surface area contributed by atoms with Gasteiger partial charge in [0.15, 0.2) is 0 Å². The van der Waals surface area contributed by atoms with Crippen molar-refractivity contribution in [3.8, 4) is 0 Å². The van der Waals surface area contributed by atoms with Gasteiger partial charge in [0.05, 0.1) is 7.11 Å². The minimum absolute atomic E-state index is 0.206. The number of carbonyl (C=O) groups is 2. The second-order valence-electron chi connectivity index (χ2n) is 4.37. The first-order chi connectivity index (χ1) is 10.9. The zero-order chi connectivity index (χ0) is 16.9. The van der Waals surface area contributed by atoms with Crippen molar-refractivity contribution >= 4 is 38.9 Å². The van der Waals surface area contributed by atoms with Gasteiger partial charge >= 0.3 is 5.97 Å². The number of nitrogens with one attached hydrogen (secondary N) is 2. The Morgan fingerprint density at radius 3 is 2.43 bits per heavy atom. The Hall–Kier alpha value is -2.39. The topological polar surface area (TPSA) is 102 Å². The summed E-state index contributed by atoms with van der Waals surface area (Å²) in [5.74, 6) is -1.01. The van der Waals surface area contributed by atoms with Crippen LogP contribution in [0.2, 0.25) is 0 Å². The van der Waals surface area contributed by atoms with Crippen LogP contribution < -0.4 is 10.0 Å². The summed E-state index contributed by atoms with van der Waals surface area (Å²) in [6.07, 6.45) is 0. The summed E-state index contributed by atoms with van der Waals surface area (Å²) in [6.45, 7) is -0.234. The predicted octanol–water partition coefficient (Wildman–Crippen LogP) is 1.45. The molecule has 0 bridgehead atoms. The summed E-state index contributed by atoms with van der Waals surface area (Å²) in [5, 5.41) is 4.06. The van der Waals surface area contributed by atoms with Gasteiger partial charge in [-0.05, 0) is 35.7 Å². The third kappa shape index (κ3) is 4.54. The lowest BCUT2D eigenvalue weighted by Crippen LogP contribution is -2.30. The van der Waals surface area contributed by atoms with Gasteiger partial charge in [-0.3, -0.25) is 14.3 Å². The Bertz CT molecular complexity index is 783.